The van der Waals surface area contributed by atoms with E-state index in [1.165, 1.54) is 75.0 Å². The summed E-state index contributed by atoms with van der Waals surface area (Å²) in [5, 5.41) is 7.31. The summed E-state index contributed by atoms with van der Waals surface area (Å²) in [7, 11) is 0. The van der Waals surface area contributed by atoms with E-state index in [1.54, 1.807) is 11.3 Å². The molecule has 0 unspecified atom stereocenters. The van der Waals surface area contributed by atoms with Gasteiger partial charge in [0.15, 0.2) is 5.58 Å². The summed E-state index contributed by atoms with van der Waals surface area (Å²) in [6.07, 6.45) is 0. The molecule has 0 amide bonds. The third-order valence-electron chi connectivity index (χ3n) is 10.2. The highest BCUT2D eigenvalue weighted by Gasteiger charge is 2.20. The van der Waals surface area contributed by atoms with Crippen LogP contribution in [0.15, 0.2) is 174 Å². The molecular formula is C47H28N2OS. The second-order valence-electron chi connectivity index (χ2n) is 13.1. The Labute approximate surface area is 297 Å². The van der Waals surface area contributed by atoms with E-state index in [2.05, 4.69) is 174 Å². The monoisotopic (exact) mass is 668 g/mol. The molecule has 0 aliphatic carbocycles. The number of thiophene rings is 1. The molecule has 3 nitrogen and oxygen atoms in total. The molecule has 0 saturated heterocycles. The van der Waals surface area contributed by atoms with E-state index in [-0.39, 0.29) is 0 Å². The average molecular weight is 669 g/mol. The molecule has 0 aliphatic heterocycles. The Hall–Kier alpha value is -6.49. The highest BCUT2D eigenvalue weighted by molar-refractivity contribution is 7.26. The molecule has 8 aromatic carbocycles. The van der Waals surface area contributed by atoms with Gasteiger partial charge in [0.25, 0.3) is 0 Å². The lowest BCUT2D eigenvalue weighted by Gasteiger charge is -2.13. The van der Waals surface area contributed by atoms with Crippen molar-refractivity contribution in [3.63, 3.8) is 0 Å². The maximum absolute atomic E-state index is 6.41. The maximum atomic E-state index is 6.41. The number of benzene rings is 8. The van der Waals surface area contributed by atoms with Crippen molar-refractivity contribution in [3.05, 3.63) is 170 Å². The summed E-state index contributed by atoms with van der Waals surface area (Å²) in [6.45, 7) is 0. The van der Waals surface area contributed by atoms with Crippen LogP contribution in [-0.4, -0.2) is 9.55 Å². The number of aromatic nitrogens is 2. The molecular weight excluding hydrogens is 641 g/mol. The van der Waals surface area contributed by atoms with Gasteiger partial charge < -0.3 is 8.98 Å². The third-order valence-corrected chi connectivity index (χ3v) is 11.4. The molecule has 0 fully saturated rings. The molecule has 4 heteroatoms. The van der Waals surface area contributed by atoms with Gasteiger partial charge in [0, 0.05) is 47.6 Å². The number of hydrogen-bond acceptors (Lipinski definition) is 3. The zero-order chi connectivity index (χ0) is 33.5. The lowest BCUT2D eigenvalue weighted by atomic mass is 9.94. The highest BCUT2D eigenvalue weighted by atomic mass is 32.1. The van der Waals surface area contributed by atoms with Crippen molar-refractivity contribution in [1.29, 1.82) is 0 Å². The van der Waals surface area contributed by atoms with Crippen LogP contribution in [0.25, 0.3) is 103 Å². The van der Waals surface area contributed by atoms with Gasteiger partial charge in [-0.1, -0.05) is 109 Å². The van der Waals surface area contributed by atoms with Crippen molar-refractivity contribution in [2.75, 3.05) is 0 Å². The van der Waals surface area contributed by atoms with Crippen molar-refractivity contribution < 1.29 is 4.42 Å². The van der Waals surface area contributed by atoms with Gasteiger partial charge in [0.05, 0.1) is 11.0 Å². The molecule has 0 bridgehead atoms. The summed E-state index contributed by atoms with van der Waals surface area (Å²) in [4.78, 5) is 5.08. The van der Waals surface area contributed by atoms with Crippen molar-refractivity contribution >= 4 is 75.2 Å². The van der Waals surface area contributed by atoms with Crippen molar-refractivity contribution in [3.8, 4) is 39.4 Å². The zero-order valence-electron chi connectivity index (χ0n) is 27.4. The van der Waals surface area contributed by atoms with Crippen molar-refractivity contribution in [2.24, 2.45) is 0 Å². The number of fused-ring (bicyclic) bond motifs is 10. The summed E-state index contributed by atoms with van der Waals surface area (Å²) < 4.78 is 11.3. The van der Waals surface area contributed by atoms with Crippen LogP contribution in [0.5, 0.6) is 0 Å². The first kappa shape index (κ1) is 28.4. The number of nitrogens with zero attached hydrogens (tertiary/aromatic N) is 2. The number of rotatable bonds is 4. The Morgan fingerprint density at radius 2 is 1.16 bits per heavy atom. The van der Waals surface area contributed by atoms with Gasteiger partial charge in [-0.2, -0.15) is 0 Å². The SMILES string of the molecule is c1ccc(-c2ccc3c(c2)c2cc(-c4ccccc4)c4ccccc4c2n3-c2ccc(-c3nc4c(ccc5sc6ccccc6c54)o3)cc2)cc1. The van der Waals surface area contributed by atoms with Crippen LogP contribution in [0.3, 0.4) is 0 Å². The second kappa shape index (κ2) is 11.0. The minimum Gasteiger partial charge on any atom is -0.436 e. The molecule has 0 radical (unpaired) electrons. The molecule has 11 aromatic rings. The molecule has 0 atom stereocenters. The lowest BCUT2D eigenvalue weighted by Crippen LogP contribution is -1.95. The second-order valence-corrected chi connectivity index (χ2v) is 14.2. The molecule has 3 heterocycles. The van der Waals surface area contributed by atoms with Crippen LogP contribution < -0.4 is 0 Å². The van der Waals surface area contributed by atoms with Gasteiger partial charge in [-0.15, -0.1) is 11.3 Å². The Balaban J connectivity index is 1.13. The van der Waals surface area contributed by atoms with Gasteiger partial charge in [-0.3, -0.25) is 0 Å². The lowest BCUT2D eigenvalue weighted by molar-refractivity contribution is 0.620. The van der Waals surface area contributed by atoms with E-state index in [0.717, 1.165) is 22.4 Å². The average Bonchev–Trinajstić information content (AvgIpc) is 3.90. The van der Waals surface area contributed by atoms with E-state index in [1.807, 2.05) is 0 Å². The van der Waals surface area contributed by atoms with Crippen LogP contribution in [-0.2, 0) is 0 Å². The Morgan fingerprint density at radius 1 is 0.471 bits per heavy atom. The number of oxazole rings is 1. The summed E-state index contributed by atoms with van der Waals surface area (Å²) in [6, 6.07) is 60.9. The van der Waals surface area contributed by atoms with Crippen LogP contribution >= 0.6 is 11.3 Å². The fraction of sp³-hybridized carbons (Fsp3) is 0. The van der Waals surface area contributed by atoms with Gasteiger partial charge in [0.2, 0.25) is 5.89 Å². The first-order chi connectivity index (χ1) is 25.3. The third kappa shape index (κ3) is 4.33. The van der Waals surface area contributed by atoms with Crippen molar-refractivity contribution in [1.82, 2.24) is 9.55 Å². The molecule has 0 aliphatic rings. The minimum atomic E-state index is 0.631. The predicted molar refractivity (Wildman–Crippen MR) is 215 cm³/mol. The molecule has 0 spiro atoms. The minimum absolute atomic E-state index is 0.631. The zero-order valence-corrected chi connectivity index (χ0v) is 28.2. The fourth-order valence-corrected chi connectivity index (χ4v) is 8.99. The fourth-order valence-electron chi connectivity index (χ4n) is 7.89. The highest BCUT2D eigenvalue weighted by Crippen LogP contribution is 2.43. The maximum Gasteiger partial charge on any atom is 0.227 e. The summed E-state index contributed by atoms with van der Waals surface area (Å²) in [5.41, 5.74) is 11.0. The largest absolute Gasteiger partial charge is 0.436 e. The standard InChI is InChI=1S/C47H28N2OS/c1-3-11-29(12-4-1)32-21-24-40-38(27-32)39-28-37(30-13-5-2-6-14-30)34-15-7-8-16-35(34)46(39)49(40)33-22-19-31(20-23-33)47-48-45-41(50-47)25-26-43-44(45)36-17-9-10-18-42(36)51-43/h1-28H. The Morgan fingerprint density at radius 3 is 1.96 bits per heavy atom. The van der Waals surface area contributed by atoms with E-state index >= 15 is 0 Å². The molecule has 11 rings (SSSR count). The topological polar surface area (TPSA) is 31.0 Å². The Bertz CT molecular complexity index is 3110. The van der Waals surface area contributed by atoms with E-state index < -0.39 is 0 Å². The Kier molecular flexibility index (Phi) is 6.12. The first-order valence-corrected chi connectivity index (χ1v) is 18.0. The van der Waals surface area contributed by atoms with E-state index in [4.69, 9.17) is 9.40 Å². The first-order valence-electron chi connectivity index (χ1n) is 17.2. The van der Waals surface area contributed by atoms with Gasteiger partial charge in [-0.05, 0) is 88.3 Å². The van der Waals surface area contributed by atoms with Crippen molar-refractivity contribution in [2.45, 2.75) is 0 Å². The molecule has 3 aromatic heterocycles. The van der Waals surface area contributed by atoms with E-state index in [0.29, 0.717) is 5.89 Å². The van der Waals surface area contributed by atoms with Gasteiger partial charge >= 0.3 is 0 Å². The molecule has 238 valence electrons. The summed E-state index contributed by atoms with van der Waals surface area (Å²) in [5.74, 6) is 0.631. The molecule has 51 heavy (non-hydrogen) atoms. The van der Waals surface area contributed by atoms with Gasteiger partial charge in [-0.25, -0.2) is 4.98 Å². The van der Waals surface area contributed by atoms with Crippen LogP contribution in [0.1, 0.15) is 0 Å². The molecule has 0 saturated carbocycles. The smallest absolute Gasteiger partial charge is 0.227 e. The predicted octanol–water partition coefficient (Wildman–Crippen LogP) is 13.4. The molecule has 0 N–H and O–H groups in total. The number of hydrogen-bond donors (Lipinski definition) is 0. The van der Waals surface area contributed by atoms with Crippen LogP contribution in [0.2, 0.25) is 0 Å². The van der Waals surface area contributed by atoms with Crippen LogP contribution in [0, 0.1) is 0 Å². The van der Waals surface area contributed by atoms with Gasteiger partial charge in [0.1, 0.15) is 5.52 Å². The quantitative estimate of drug-likeness (QED) is 0.187. The normalized spacial score (nSPS) is 11.9. The van der Waals surface area contributed by atoms with Crippen LogP contribution in [0.4, 0.5) is 0 Å². The summed E-state index contributed by atoms with van der Waals surface area (Å²) >= 11 is 1.80. The van der Waals surface area contributed by atoms with E-state index in [9.17, 15) is 0 Å².